The molecule has 0 aliphatic rings. The fraction of sp³-hybridized carbons (Fsp3) is 0.0455. The van der Waals surface area contributed by atoms with Crippen LogP contribution in [0.1, 0.15) is 10.4 Å². The molecular weight excluding hydrogens is 454 g/mol. The minimum Gasteiger partial charge on any atom is -0.293 e. The highest BCUT2D eigenvalue weighted by molar-refractivity contribution is 7.99. The summed E-state index contributed by atoms with van der Waals surface area (Å²) in [6, 6.07) is 21.4. The summed E-state index contributed by atoms with van der Waals surface area (Å²) in [4.78, 5) is 16.9. The van der Waals surface area contributed by atoms with Crippen LogP contribution >= 0.6 is 23.4 Å². The van der Waals surface area contributed by atoms with Gasteiger partial charge in [0.15, 0.2) is 11.6 Å². The number of ketones is 1. The van der Waals surface area contributed by atoms with Crippen LogP contribution in [0.5, 0.6) is 0 Å². The number of carbonyl (C=O) groups is 1. The van der Waals surface area contributed by atoms with Gasteiger partial charge in [0, 0.05) is 16.1 Å². The lowest BCUT2D eigenvalue weighted by atomic mass is 10.2. The highest BCUT2D eigenvalue weighted by atomic mass is 35.5. The van der Waals surface area contributed by atoms with Gasteiger partial charge in [0.25, 0.3) is 0 Å². The van der Waals surface area contributed by atoms with Crippen LogP contribution in [-0.2, 0) is 9.84 Å². The quantitative estimate of drug-likeness (QED) is 0.304. The fourth-order valence-corrected chi connectivity index (χ4v) is 4.90. The molecule has 0 aliphatic heterocycles. The predicted molar refractivity (Wildman–Crippen MR) is 120 cm³/mol. The molecule has 156 valence electrons. The van der Waals surface area contributed by atoms with Crippen LogP contribution in [0.3, 0.4) is 0 Å². The van der Waals surface area contributed by atoms with Crippen molar-refractivity contribution in [3.8, 4) is 11.4 Å². The first kappa shape index (κ1) is 21.3. The third kappa shape index (κ3) is 4.87. The van der Waals surface area contributed by atoms with E-state index < -0.39 is 9.84 Å². The van der Waals surface area contributed by atoms with E-state index in [1.807, 2.05) is 18.2 Å². The van der Waals surface area contributed by atoms with Gasteiger partial charge in [0.05, 0.1) is 15.5 Å². The molecule has 0 radical (unpaired) electrons. The van der Waals surface area contributed by atoms with Crippen molar-refractivity contribution in [2.75, 3.05) is 5.75 Å². The second kappa shape index (κ2) is 9.05. The molecule has 0 saturated carbocycles. The number of sulfone groups is 1. The summed E-state index contributed by atoms with van der Waals surface area (Å²) in [5, 5.41) is 7.87. The van der Waals surface area contributed by atoms with Crippen molar-refractivity contribution in [1.82, 2.24) is 15.2 Å². The van der Waals surface area contributed by atoms with E-state index in [9.17, 15) is 13.2 Å². The van der Waals surface area contributed by atoms with Crippen molar-refractivity contribution in [2.45, 2.75) is 14.9 Å². The first-order valence-electron chi connectivity index (χ1n) is 9.18. The second-order valence-electron chi connectivity index (χ2n) is 6.53. The summed E-state index contributed by atoms with van der Waals surface area (Å²) < 4.78 is 25.5. The van der Waals surface area contributed by atoms with E-state index in [4.69, 9.17) is 11.6 Å². The normalized spacial score (nSPS) is 11.4. The summed E-state index contributed by atoms with van der Waals surface area (Å²) in [5.74, 6) is 0.707. The Morgan fingerprint density at radius 2 is 1.52 bits per heavy atom. The van der Waals surface area contributed by atoms with Gasteiger partial charge in [0.1, 0.15) is 0 Å². The zero-order valence-electron chi connectivity index (χ0n) is 16.0. The lowest BCUT2D eigenvalue weighted by molar-refractivity contribution is 0.102. The number of aromatic amines is 1. The van der Waals surface area contributed by atoms with E-state index in [1.54, 1.807) is 36.4 Å². The van der Waals surface area contributed by atoms with Gasteiger partial charge in [-0.25, -0.2) is 13.4 Å². The van der Waals surface area contributed by atoms with Crippen molar-refractivity contribution in [3.63, 3.8) is 0 Å². The van der Waals surface area contributed by atoms with E-state index in [0.29, 0.717) is 27.1 Å². The maximum Gasteiger partial charge on any atom is 0.209 e. The van der Waals surface area contributed by atoms with E-state index in [1.165, 1.54) is 36.0 Å². The average molecular weight is 470 g/mol. The SMILES string of the molecule is O=C(CSc1n[nH]c(-c2ccc(S(=O)(=O)c3ccc(Cl)cc3)cc2)n1)c1ccccc1. The first-order valence-corrected chi connectivity index (χ1v) is 12.0. The van der Waals surface area contributed by atoms with E-state index in [2.05, 4.69) is 15.2 Å². The maximum atomic E-state index is 12.7. The molecule has 4 aromatic rings. The van der Waals surface area contributed by atoms with Crippen molar-refractivity contribution < 1.29 is 13.2 Å². The standard InChI is InChI=1S/C22H16ClN3O3S2/c23-17-8-12-19(13-9-17)31(28,29)18-10-6-16(7-11-18)21-24-22(26-25-21)30-14-20(27)15-4-2-1-3-5-15/h1-13H,14H2,(H,24,25,26). The summed E-state index contributed by atoms with van der Waals surface area (Å²) >= 11 is 7.07. The number of halogens is 1. The molecule has 6 nitrogen and oxygen atoms in total. The van der Waals surface area contributed by atoms with Gasteiger partial charge in [-0.2, -0.15) is 0 Å². The Hall–Kier alpha value is -2.94. The van der Waals surface area contributed by atoms with Crippen LogP contribution in [0.4, 0.5) is 0 Å². The highest BCUT2D eigenvalue weighted by Crippen LogP contribution is 2.25. The molecule has 4 rings (SSSR count). The van der Waals surface area contributed by atoms with Crippen LogP contribution in [0, 0.1) is 0 Å². The average Bonchev–Trinajstić information content (AvgIpc) is 3.27. The van der Waals surface area contributed by atoms with Gasteiger partial charge < -0.3 is 0 Å². The number of carbonyl (C=O) groups excluding carboxylic acids is 1. The van der Waals surface area contributed by atoms with Gasteiger partial charge in [-0.05, 0) is 48.5 Å². The molecule has 1 heterocycles. The smallest absolute Gasteiger partial charge is 0.209 e. The summed E-state index contributed by atoms with van der Waals surface area (Å²) in [5.41, 5.74) is 1.33. The summed E-state index contributed by atoms with van der Waals surface area (Å²) in [7, 11) is -3.64. The molecule has 0 atom stereocenters. The van der Waals surface area contributed by atoms with E-state index in [0.717, 1.165) is 0 Å². The number of rotatable bonds is 7. The number of aromatic nitrogens is 3. The van der Waals surface area contributed by atoms with Gasteiger partial charge in [-0.3, -0.25) is 9.89 Å². The number of Topliss-reactive ketones (excluding diaryl/α,β-unsaturated/α-hetero) is 1. The first-order chi connectivity index (χ1) is 14.9. The van der Waals surface area contributed by atoms with E-state index >= 15 is 0 Å². The van der Waals surface area contributed by atoms with Gasteiger partial charge in [-0.1, -0.05) is 53.7 Å². The Kier molecular flexibility index (Phi) is 6.22. The zero-order chi connectivity index (χ0) is 21.8. The molecule has 3 aromatic carbocycles. The molecule has 0 fully saturated rings. The maximum absolute atomic E-state index is 12.7. The number of hydrogen-bond acceptors (Lipinski definition) is 6. The Balaban J connectivity index is 1.46. The van der Waals surface area contributed by atoms with Crippen molar-refractivity contribution >= 4 is 39.0 Å². The number of thioether (sulfide) groups is 1. The molecule has 0 amide bonds. The Morgan fingerprint density at radius 3 is 2.16 bits per heavy atom. The van der Waals surface area contributed by atoms with Gasteiger partial charge in [-0.15, -0.1) is 5.10 Å². The van der Waals surface area contributed by atoms with Crippen LogP contribution in [0.2, 0.25) is 5.02 Å². The molecule has 0 bridgehead atoms. The van der Waals surface area contributed by atoms with Crippen LogP contribution in [-0.4, -0.2) is 35.1 Å². The molecule has 1 aromatic heterocycles. The topological polar surface area (TPSA) is 92.8 Å². The van der Waals surface area contributed by atoms with Crippen molar-refractivity contribution in [2.24, 2.45) is 0 Å². The number of nitrogens with one attached hydrogen (secondary N) is 1. The van der Waals surface area contributed by atoms with Crippen LogP contribution < -0.4 is 0 Å². The monoisotopic (exact) mass is 469 g/mol. The number of nitrogens with zero attached hydrogens (tertiary/aromatic N) is 2. The number of hydrogen-bond donors (Lipinski definition) is 1. The molecule has 9 heteroatoms. The zero-order valence-corrected chi connectivity index (χ0v) is 18.4. The summed E-state index contributed by atoms with van der Waals surface area (Å²) in [6.45, 7) is 0. The fourth-order valence-electron chi connectivity index (χ4n) is 2.82. The molecule has 0 spiro atoms. The van der Waals surface area contributed by atoms with E-state index in [-0.39, 0.29) is 21.3 Å². The van der Waals surface area contributed by atoms with Gasteiger partial charge in [0.2, 0.25) is 15.0 Å². The number of H-pyrrole nitrogens is 1. The Labute approximate surface area is 188 Å². The number of benzene rings is 3. The lowest BCUT2D eigenvalue weighted by Gasteiger charge is -2.05. The minimum absolute atomic E-state index is 0.00582. The van der Waals surface area contributed by atoms with Gasteiger partial charge >= 0.3 is 0 Å². The molecule has 1 N–H and O–H groups in total. The largest absolute Gasteiger partial charge is 0.293 e. The van der Waals surface area contributed by atoms with Crippen molar-refractivity contribution in [3.05, 3.63) is 89.4 Å². The molecule has 0 saturated heterocycles. The molecular formula is C22H16ClN3O3S2. The molecule has 31 heavy (non-hydrogen) atoms. The molecule has 0 unspecified atom stereocenters. The van der Waals surface area contributed by atoms with Crippen LogP contribution in [0.25, 0.3) is 11.4 Å². The third-order valence-electron chi connectivity index (χ3n) is 4.46. The molecule has 0 aliphatic carbocycles. The Morgan fingerprint density at radius 1 is 0.903 bits per heavy atom. The lowest BCUT2D eigenvalue weighted by Crippen LogP contribution is -2.02. The summed E-state index contributed by atoms with van der Waals surface area (Å²) in [6.07, 6.45) is 0. The van der Waals surface area contributed by atoms with Crippen LogP contribution in [0.15, 0.2) is 93.8 Å². The highest BCUT2D eigenvalue weighted by Gasteiger charge is 2.18. The second-order valence-corrected chi connectivity index (χ2v) is 9.85. The predicted octanol–water partition coefficient (Wildman–Crippen LogP) is 4.93. The minimum atomic E-state index is -3.64. The Bertz CT molecular complexity index is 1300. The third-order valence-corrected chi connectivity index (χ3v) is 7.34. The van der Waals surface area contributed by atoms with Crippen molar-refractivity contribution in [1.29, 1.82) is 0 Å².